The minimum atomic E-state index is -4.50. The molecule has 0 amide bonds. The lowest BCUT2D eigenvalue weighted by Crippen LogP contribution is -2.59. The Hall–Kier alpha value is -3.51. The van der Waals surface area contributed by atoms with Crippen molar-refractivity contribution in [3.63, 3.8) is 0 Å². The summed E-state index contributed by atoms with van der Waals surface area (Å²) in [4.78, 5) is 18.1. The Bertz CT molecular complexity index is 1600. The van der Waals surface area contributed by atoms with Crippen molar-refractivity contribution in [2.24, 2.45) is 0 Å². The zero-order chi connectivity index (χ0) is 30.6. The number of rotatable bonds is 5. The SMILES string of the molecule is CC(C)N1[C@H](C)CN(c2nnc3cnc4ccc(-c5ccc(N6CCC(N(C)C)CC6)c(C(F)(F)F)c5)nc4n23)C[C@@H]1C. The largest absolute Gasteiger partial charge is 0.418 e. The number of benzene rings is 1. The van der Waals surface area contributed by atoms with E-state index in [-0.39, 0.29) is 5.69 Å². The Kier molecular flexibility index (Phi) is 7.70. The van der Waals surface area contributed by atoms with E-state index in [2.05, 4.69) is 57.6 Å². The number of nitrogens with zero attached hydrogens (tertiary/aromatic N) is 9. The molecule has 6 rings (SSSR count). The van der Waals surface area contributed by atoms with Crippen LogP contribution in [0.25, 0.3) is 28.1 Å². The molecule has 0 spiro atoms. The maximum Gasteiger partial charge on any atom is 0.418 e. The summed E-state index contributed by atoms with van der Waals surface area (Å²) in [6, 6.07) is 9.52. The highest BCUT2D eigenvalue weighted by atomic mass is 19.4. The summed E-state index contributed by atoms with van der Waals surface area (Å²) in [5.41, 5.74) is 2.12. The van der Waals surface area contributed by atoms with Gasteiger partial charge in [-0.3, -0.25) is 4.90 Å². The van der Waals surface area contributed by atoms with Gasteiger partial charge in [-0.2, -0.15) is 13.2 Å². The van der Waals surface area contributed by atoms with Gasteiger partial charge in [-0.05, 0) is 78.9 Å². The van der Waals surface area contributed by atoms with Gasteiger partial charge in [0.25, 0.3) is 0 Å². The average molecular weight is 596 g/mol. The van der Waals surface area contributed by atoms with E-state index in [1.165, 1.54) is 6.07 Å². The van der Waals surface area contributed by atoms with E-state index in [9.17, 15) is 13.2 Å². The number of alkyl halides is 3. The van der Waals surface area contributed by atoms with Gasteiger partial charge in [-0.1, -0.05) is 6.07 Å². The fourth-order valence-electron chi connectivity index (χ4n) is 7.11. The number of fused-ring (bicyclic) bond motifs is 3. The fourth-order valence-corrected chi connectivity index (χ4v) is 7.11. The first-order valence-corrected chi connectivity index (χ1v) is 15.1. The van der Waals surface area contributed by atoms with Crippen molar-refractivity contribution < 1.29 is 13.2 Å². The number of piperazine rings is 1. The van der Waals surface area contributed by atoms with E-state index in [1.54, 1.807) is 30.5 Å². The summed E-state index contributed by atoms with van der Waals surface area (Å²) in [5.74, 6) is 0.668. The Labute approximate surface area is 250 Å². The van der Waals surface area contributed by atoms with E-state index in [1.807, 2.05) is 23.4 Å². The first-order chi connectivity index (χ1) is 20.4. The highest BCUT2D eigenvalue weighted by molar-refractivity contribution is 5.79. The van der Waals surface area contributed by atoms with Gasteiger partial charge >= 0.3 is 6.18 Å². The second-order valence-electron chi connectivity index (χ2n) is 12.5. The number of hydrogen-bond donors (Lipinski definition) is 0. The Morgan fingerprint density at radius 1 is 0.930 bits per heavy atom. The van der Waals surface area contributed by atoms with Crippen molar-refractivity contribution in [2.45, 2.75) is 70.9 Å². The van der Waals surface area contributed by atoms with Crippen LogP contribution < -0.4 is 9.80 Å². The standard InChI is InChI=1S/C31H40F3N9/c1-19(2)42-20(3)17-41(18-21(42)4)30-38-37-28-16-35-26-9-8-25(36-29(26)43(28)30)22-7-10-27(24(15-22)31(32,33)34)40-13-11-23(12-14-40)39(5)6/h7-10,15-16,19-21,23H,11-14,17-18H2,1-6H3/t20-,21+. The lowest BCUT2D eigenvalue weighted by molar-refractivity contribution is -0.137. The smallest absolute Gasteiger partial charge is 0.371 e. The van der Waals surface area contributed by atoms with Gasteiger partial charge in [0.05, 0.1) is 17.5 Å². The van der Waals surface area contributed by atoms with Crippen molar-refractivity contribution in [2.75, 3.05) is 50.1 Å². The maximum atomic E-state index is 14.4. The molecule has 5 heterocycles. The number of anilines is 2. The summed E-state index contributed by atoms with van der Waals surface area (Å²) in [7, 11) is 4.04. The van der Waals surface area contributed by atoms with Crippen LogP contribution in [-0.2, 0) is 6.18 Å². The summed E-state index contributed by atoms with van der Waals surface area (Å²) in [6.07, 6.45) is -1.19. The second kappa shape index (κ2) is 11.2. The third-order valence-electron chi connectivity index (χ3n) is 9.06. The van der Waals surface area contributed by atoms with Gasteiger partial charge in [-0.25, -0.2) is 14.4 Å². The number of hydrogen-bond acceptors (Lipinski definition) is 8. The van der Waals surface area contributed by atoms with Gasteiger partial charge in [0, 0.05) is 61.6 Å². The molecule has 0 bridgehead atoms. The van der Waals surface area contributed by atoms with Crippen LogP contribution in [0.5, 0.6) is 0 Å². The van der Waals surface area contributed by atoms with Crippen LogP contribution in [0.1, 0.15) is 46.1 Å². The molecule has 2 aliphatic heterocycles. The van der Waals surface area contributed by atoms with Gasteiger partial charge in [0.1, 0.15) is 5.52 Å². The van der Waals surface area contributed by atoms with Crippen LogP contribution in [0.3, 0.4) is 0 Å². The average Bonchev–Trinajstić information content (AvgIpc) is 3.40. The topological polar surface area (TPSA) is 68.9 Å². The molecule has 230 valence electrons. The zero-order valence-corrected chi connectivity index (χ0v) is 25.7. The minimum Gasteiger partial charge on any atom is -0.371 e. The quantitative estimate of drug-likeness (QED) is 0.312. The molecule has 0 radical (unpaired) electrons. The highest BCUT2D eigenvalue weighted by Crippen LogP contribution is 2.40. The lowest BCUT2D eigenvalue weighted by atomic mass is 10.00. The predicted octanol–water partition coefficient (Wildman–Crippen LogP) is 5.20. The summed E-state index contributed by atoms with van der Waals surface area (Å²) >= 11 is 0. The molecular weight excluding hydrogens is 555 g/mol. The maximum absolute atomic E-state index is 14.4. The van der Waals surface area contributed by atoms with Gasteiger partial charge < -0.3 is 14.7 Å². The second-order valence-corrected chi connectivity index (χ2v) is 12.5. The van der Waals surface area contributed by atoms with Crippen molar-refractivity contribution in [1.82, 2.24) is 34.4 Å². The fraction of sp³-hybridized carbons (Fsp3) is 0.548. The predicted molar refractivity (Wildman–Crippen MR) is 164 cm³/mol. The molecule has 2 aliphatic rings. The van der Waals surface area contributed by atoms with Crippen LogP contribution in [0.2, 0.25) is 0 Å². The van der Waals surface area contributed by atoms with E-state index >= 15 is 0 Å². The van der Waals surface area contributed by atoms with Crippen molar-refractivity contribution in [1.29, 1.82) is 0 Å². The molecule has 3 aromatic heterocycles. The van der Waals surface area contributed by atoms with Gasteiger partial charge in [-0.15, -0.1) is 10.2 Å². The van der Waals surface area contributed by atoms with E-state index in [0.29, 0.717) is 71.3 Å². The molecule has 12 heteroatoms. The third kappa shape index (κ3) is 5.50. The lowest BCUT2D eigenvalue weighted by Gasteiger charge is -2.46. The number of pyridine rings is 1. The summed E-state index contributed by atoms with van der Waals surface area (Å²) < 4.78 is 45.2. The molecule has 0 N–H and O–H groups in total. The monoisotopic (exact) mass is 595 g/mol. The minimum absolute atomic E-state index is 0.225. The first kappa shape index (κ1) is 29.6. The molecule has 0 saturated carbocycles. The molecule has 2 saturated heterocycles. The van der Waals surface area contributed by atoms with Gasteiger partial charge in [0.2, 0.25) is 5.95 Å². The Morgan fingerprint density at radius 3 is 2.26 bits per heavy atom. The highest BCUT2D eigenvalue weighted by Gasteiger charge is 2.37. The van der Waals surface area contributed by atoms with E-state index in [0.717, 1.165) is 25.9 Å². The van der Waals surface area contributed by atoms with Crippen LogP contribution in [0.4, 0.5) is 24.8 Å². The Balaban J connectivity index is 1.38. The summed E-state index contributed by atoms with van der Waals surface area (Å²) in [5, 5.41) is 8.89. The van der Waals surface area contributed by atoms with Crippen LogP contribution >= 0.6 is 0 Å². The molecule has 4 aromatic rings. The number of aromatic nitrogens is 5. The molecule has 2 atom stereocenters. The van der Waals surface area contributed by atoms with Crippen molar-refractivity contribution in [3.05, 3.63) is 42.1 Å². The zero-order valence-electron chi connectivity index (χ0n) is 25.7. The molecule has 0 aliphatic carbocycles. The van der Waals surface area contributed by atoms with Crippen LogP contribution in [0.15, 0.2) is 36.5 Å². The van der Waals surface area contributed by atoms with E-state index in [4.69, 9.17) is 4.98 Å². The van der Waals surface area contributed by atoms with Crippen molar-refractivity contribution in [3.8, 4) is 11.3 Å². The molecule has 43 heavy (non-hydrogen) atoms. The normalized spacial score (nSPS) is 21.2. The Morgan fingerprint density at radius 2 is 1.63 bits per heavy atom. The molecular formula is C31H40F3N9. The molecule has 9 nitrogen and oxygen atoms in total. The van der Waals surface area contributed by atoms with Crippen LogP contribution in [-0.4, -0.2) is 98.8 Å². The number of halogens is 3. The van der Waals surface area contributed by atoms with Crippen LogP contribution in [0, 0.1) is 0 Å². The number of piperidine rings is 1. The summed E-state index contributed by atoms with van der Waals surface area (Å²) in [6.45, 7) is 11.6. The van der Waals surface area contributed by atoms with Crippen molar-refractivity contribution >= 4 is 28.4 Å². The van der Waals surface area contributed by atoms with E-state index < -0.39 is 11.7 Å². The molecule has 0 unspecified atom stereocenters. The molecule has 1 aromatic carbocycles. The first-order valence-electron chi connectivity index (χ1n) is 15.1. The third-order valence-corrected chi connectivity index (χ3v) is 9.06. The van der Waals surface area contributed by atoms with Gasteiger partial charge in [0.15, 0.2) is 11.3 Å². The molecule has 2 fully saturated rings.